The van der Waals surface area contributed by atoms with Crippen molar-refractivity contribution in [3.63, 3.8) is 0 Å². The van der Waals surface area contributed by atoms with Gasteiger partial charge in [0.1, 0.15) is 10.0 Å². The van der Waals surface area contributed by atoms with Gasteiger partial charge in [-0.2, -0.15) is 0 Å². The highest BCUT2D eigenvalue weighted by Crippen LogP contribution is 2.39. The topological polar surface area (TPSA) is 90.7 Å². The lowest BCUT2D eigenvalue weighted by Gasteiger charge is -2.18. The Morgan fingerprint density at radius 1 is 1.04 bits per heavy atom. The fourth-order valence-corrected chi connectivity index (χ4v) is 3.96. The van der Waals surface area contributed by atoms with Crippen LogP contribution in [0.4, 0.5) is 10.7 Å². The van der Waals surface area contributed by atoms with E-state index in [-0.39, 0.29) is 10.7 Å². The molecule has 122 valence electrons. The number of aromatic carboxylic acids is 1. The molecular formula is C16H12N2O4S2. The number of anilines is 2. The summed E-state index contributed by atoms with van der Waals surface area (Å²) in [5.41, 5.74) is 0.891. The summed E-state index contributed by atoms with van der Waals surface area (Å²) in [6.07, 6.45) is 0. The van der Waals surface area contributed by atoms with Crippen molar-refractivity contribution in [3.05, 3.63) is 66.4 Å². The summed E-state index contributed by atoms with van der Waals surface area (Å²) < 4.78 is 22.6. The quantitative estimate of drug-likeness (QED) is 0.676. The van der Waals surface area contributed by atoms with Gasteiger partial charge in [0.2, 0.25) is 0 Å². The van der Waals surface area contributed by atoms with E-state index in [2.05, 4.69) is 4.98 Å². The van der Waals surface area contributed by atoms with Crippen LogP contribution in [0.5, 0.6) is 0 Å². The van der Waals surface area contributed by atoms with Crippen LogP contribution in [0.1, 0.15) is 10.5 Å². The summed E-state index contributed by atoms with van der Waals surface area (Å²) in [6.45, 7) is 0. The number of carboxylic acid groups (broad SMARTS) is 1. The molecule has 24 heavy (non-hydrogen) atoms. The van der Waals surface area contributed by atoms with Crippen LogP contribution in [0.25, 0.3) is 10.6 Å². The third kappa shape index (κ3) is 3.21. The summed E-state index contributed by atoms with van der Waals surface area (Å²) in [5.74, 6) is -1.25. The van der Waals surface area contributed by atoms with E-state index in [0.29, 0.717) is 10.7 Å². The first-order valence-corrected chi connectivity index (χ1v) is 8.71. The minimum Gasteiger partial charge on any atom is -0.476 e. The van der Waals surface area contributed by atoms with Crippen molar-refractivity contribution in [3.8, 4) is 10.6 Å². The van der Waals surface area contributed by atoms with Crippen LogP contribution >= 0.6 is 11.3 Å². The number of aromatic nitrogens is 1. The Morgan fingerprint density at radius 2 is 1.62 bits per heavy atom. The van der Waals surface area contributed by atoms with Crippen LogP contribution in [0.15, 0.2) is 60.7 Å². The molecule has 6 nitrogen and oxygen atoms in total. The maximum Gasteiger partial charge on any atom is 0.357 e. The molecule has 0 aliphatic rings. The summed E-state index contributed by atoms with van der Waals surface area (Å²) >= 11 is -1.38. The molecule has 2 aromatic carbocycles. The Morgan fingerprint density at radius 3 is 2.17 bits per heavy atom. The van der Waals surface area contributed by atoms with Crippen molar-refractivity contribution < 1.29 is 18.7 Å². The van der Waals surface area contributed by atoms with Gasteiger partial charge in [0.15, 0.2) is 5.69 Å². The third-order valence-electron chi connectivity index (χ3n) is 3.16. The molecule has 2 N–H and O–H groups in total. The maximum atomic E-state index is 11.8. The second-order valence-electron chi connectivity index (χ2n) is 4.70. The molecule has 0 saturated heterocycles. The van der Waals surface area contributed by atoms with E-state index < -0.39 is 17.2 Å². The van der Waals surface area contributed by atoms with Crippen LogP contribution < -0.4 is 4.31 Å². The molecule has 0 amide bonds. The van der Waals surface area contributed by atoms with Crippen LogP contribution in [0, 0.1) is 0 Å². The van der Waals surface area contributed by atoms with Gasteiger partial charge in [-0.3, -0.25) is 4.55 Å². The minimum absolute atomic E-state index is 0.105. The highest BCUT2D eigenvalue weighted by molar-refractivity contribution is 7.81. The van der Waals surface area contributed by atoms with Gasteiger partial charge in [-0.05, 0) is 12.1 Å². The largest absolute Gasteiger partial charge is 0.476 e. The van der Waals surface area contributed by atoms with E-state index >= 15 is 0 Å². The molecule has 0 aliphatic heterocycles. The number of para-hydroxylation sites is 1. The molecule has 3 aromatic rings. The average Bonchev–Trinajstić information content (AvgIpc) is 3.01. The van der Waals surface area contributed by atoms with E-state index in [1.165, 1.54) is 0 Å². The van der Waals surface area contributed by atoms with E-state index in [9.17, 15) is 18.7 Å². The zero-order valence-electron chi connectivity index (χ0n) is 12.2. The monoisotopic (exact) mass is 360 g/mol. The summed E-state index contributed by atoms with van der Waals surface area (Å²) in [5, 5.41) is 10.0. The van der Waals surface area contributed by atoms with Gasteiger partial charge in [-0.1, -0.05) is 59.9 Å². The van der Waals surface area contributed by atoms with Crippen LogP contribution in [-0.2, 0) is 11.3 Å². The van der Waals surface area contributed by atoms with Gasteiger partial charge in [0.25, 0.3) is 11.3 Å². The molecule has 0 aliphatic carbocycles. The fraction of sp³-hybridized carbons (Fsp3) is 0. The van der Waals surface area contributed by atoms with Gasteiger partial charge in [0.05, 0.1) is 5.69 Å². The summed E-state index contributed by atoms with van der Waals surface area (Å²) in [4.78, 5) is 15.7. The molecule has 0 saturated carbocycles. The SMILES string of the molecule is O=C(O)c1nc(-c2ccccc2)sc1N(c1ccccc1)S(=O)O. The highest BCUT2D eigenvalue weighted by Gasteiger charge is 2.27. The van der Waals surface area contributed by atoms with Gasteiger partial charge >= 0.3 is 5.97 Å². The lowest BCUT2D eigenvalue weighted by molar-refractivity contribution is 0.0692. The molecule has 0 radical (unpaired) electrons. The van der Waals surface area contributed by atoms with Crippen molar-refractivity contribution in [2.45, 2.75) is 0 Å². The highest BCUT2D eigenvalue weighted by atomic mass is 32.2. The Balaban J connectivity index is 2.16. The lowest BCUT2D eigenvalue weighted by Crippen LogP contribution is -2.20. The molecule has 1 unspecified atom stereocenters. The summed E-state index contributed by atoms with van der Waals surface area (Å²) in [7, 11) is 0. The first-order valence-electron chi connectivity index (χ1n) is 6.83. The number of benzene rings is 2. The molecule has 0 spiro atoms. The molecule has 3 rings (SSSR count). The lowest BCUT2D eigenvalue weighted by atomic mass is 10.2. The zero-order valence-corrected chi connectivity index (χ0v) is 13.8. The Labute approximate surface area is 144 Å². The average molecular weight is 360 g/mol. The second-order valence-corrected chi connectivity index (χ2v) is 6.51. The third-order valence-corrected chi connectivity index (χ3v) is 5.07. The first-order chi connectivity index (χ1) is 11.6. The Kier molecular flexibility index (Phi) is 4.70. The van der Waals surface area contributed by atoms with Gasteiger partial charge in [-0.15, -0.1) is 0 Å². The number of nitrogens with zero attached hydrogens (tertiary/aromatic N) is 2. The normalized spacial score (nSPS) is 11.9. The fourth-order valence-electron chi connectivity index (χ4n) is 2.13. The van der Waals surface area contributed by atoms with Crippen molar-refractivity contribution in [2.24, 2.45) is 0 Å². The minimum atomic E-state index is -2.43. The Hall–Kier alpha value is -2.55. The van der Waals surface area contributed by atoms with E-state index in [1.807, 2.05) is 18.2 Å². The Bertz CT molecular complexity index is 882. The van der Waals surface area contributed by atoms with E-state index in [1.54, 1.807) is 42.5 Å². The number of rotatable bonds is 5. The summed E-state index contributed by atoms with van der Waals surface area (Å²) in [6, 6.07) is 17.5. The number of hydrogen-bond donors (Lipinski definition) is 2. The molecule has 1 aromatic heterocycles. The van der Waals surface area contributed by atoms with E-state index in [0.717, 1.165) is 21.2 Å². The van der Waals surface area contributed by atoms with Gasteiger partial charge < -0.3 is 5.11 Å². The van der Waals surface area contributed by atoms with Crippen molar-refractivity contribution in [2.75, 3.05) is 4.31 Å². The number of thiazole rings is 1. The van der Waals surface area contributed by atoms with E-state index in [4.69, 9.17) is 0 Å². The van der Waals surface area contributed by atoms with Crippen molar-refractivity contribution >= 4 is 39.3 Å². The number of hydrogen-bond acceptors (Lipinski definition) is 4. The maximum absolute atomic E-state index is 11.8. The van der Waals surface area contributed by atoms with Gasteiger partial charge in [0, 0.05) is 5.56 Å². The van der Waals surface area contributed by atoms with Crippen LogP contribution in [0.2, 0.25) is 0 Å². The molecular weight excluding hydrogens is 348 g/mol. The second kappa shape index (κ2) is 6.91. The predicted molar refractivity (Wildman–Crippen MR) is 93.9 cm³/mol. The zero-order chi connectivity index (χ0) is 17.1. The molecule has 1 atom stereocenters. The van der Waals surface area contributed by atoms with Crippen molar-refractivity contribution in [1.29, 1.82) is 0 Å². The molecule has 1 heterocycles. The molecule has 0 fully saturated rings. The molecule has 8 heteroatoms. The number of carboxylic acids is 1. The van der Waals surface area contributed by atoms with Gasteiger partial charge in [-0.25, -0.2) is 18.3 Å². The number of carbonyl (C=O) groups is 1. The first kappa shape index (κ1) is 16.3. The van der Waals surface area contributed by atoms with Crippen LogP contribution in [0.3, 0.4) is 0 Å². The van der Waals surface area contributed by atoms with Crippen molar-refractivity contribution in [1.82, 2.24) is 4.98 Å². The molecule has 0 bridgehead atoms. The smallest absolute Gasteiger partial charge is 0.357 e. The predicted octanol–water partition coefficient (Wildman–Crippen LogP) is 3.78. The van der Waals surface area contributed by atoms with Crippen LogP contribution in [-0.4, -0.2) is 24.8 Å². The standard InChI is InChI=1S/C16H12N2O4S2/c19-16(20)13-15(18(24(21)22)12-9-5-2-6-10-12)23-14(17-13)11-7-3-1-4-8-11/h1-10H,(H,19,20)(H,21,22).